The number of hydrogen-bond acceptors (Lipinski definition) is 4. The van der Waals surface area contributed by atoms with Gasteiger partial charge >= 0.3 is 6.09 Å². The van der Waals surface area contributed by atoms with Crippen LogP contribution in [0.1, 0.15) is 6.92 Å². The van der Waals surface area contributed by atoms with Crippen LogP contribution in [0.4, 0.5) is 10.5 Å². The number of anilines is 1. The summed E-state index contributed by atoms with van der Waals surface area (Å²) >= 11 is 5.65. The molecule has 1 aromatic carbocycles. The second kappa shape index (κ2) is 5.58. The number of benzene rings is 1. The van der Waals surface area contributed by atoms with Gasteiger partial charge in [-0.3, -0.25) is 5.32 Å². The summed E-state index contributed by atoms with van der Waals surface area (Å²) in [6, 6.07) is 4.22. The SMILES string of the molecule is CC(CO)OC(=O)Nc1ccc(O)c(Cl)c1. The van der Waals surface area contributed by atoms with E-state index >= 15 is 0 Å². The number of phenols is 1. The van der Waals surface area contributed by atoms with Gasteiger partial charge in [-0.2, -0.15) is 0 Å². The Morgan fingerprint density at radius 1 is 1.62 bits per heavy atom. The Labute approximate surface area is 97.6 Å². The van der Waals surface area contributed by atoms with Crippen LogP contribution in [0, 0.1) is 0 Å². The van der Waals surface area contributed by atoms with Crippen molar-refractivity contribution >= 4 is 23.4 Å². The number of ether oxygens (including phenoxy) is 1. The van der Waals surface area contributed by atoms with E-state index in [9.17, 15) is 4.79 Å². The molecule has 1 unspecified atom stereocenters. The maximum absolute atomic E-state index is 11.2. The molecule has 0 radical (unpaired) electrons. The zero-order valence-corrected chi connectivity index (χ0v) is 9.36. The molecule has 0 bridgehead atoms. The summed E-state index contributed by atoms with van der Waals surface area (Å²) in [4.78, 5) is 11.2. The molecule has 88 valence electrons. The van der Waals surface area contributed by atoms with Gasteiger partial charge in [0.05, 0.1) is 11.6 Å². The highest BCUT2D eigenvalue weighted by Gasteiger charge is 2.09. The van der Waals surface area contributed by atoms with E-state index in [1.165, 1.54) is 18.2 Å². The second-order valence-corrected chi connectivity index (χ2v) is 3.60. The number of aliphatic hydroxyl groups excluding tert-OH is 1. The van der Waals surface area contributed by atoms with Gasteiger partial charge in [-0.05, 0) is 25.1 Å². The highest BCUT2D eigenvalue weighted by Crippen LogP contribution is 2.26. The molecule has 0 aromatic heterocycles. The largest absolute Gasteiger partial charge is 0.506 e. The predicted molar refractivity (Wildman–Crippen MR) is 59.8 cm³/mol. The van der Waals surface area contributed by atoms with Gasteiger partial charge in [0.25, 0.3) is 0 Å². The minimum Gasteiger partial charge on any atom is -0.506 e. The molecule has 0 saturated carbocycles. The number of carbonyl (C=O) groups is 1. The first-order valence-corrected chi connectivity index (χ1v) is 4.97. The minimum atomic E-state index is -0.691. The van der Waals surface area contributed by atoms with Crippen molar-refractivity contribution in [2.24, 2.45) is 0 Å². The third kappa shape index (κ3) is 3.60. The zero-order chi connectivity index (χ0) is 12.1. The van der Waals surface area contributed by atoms with Crippen LogP contribution in [0.2, 0.25) is 5.02 Å². The molecule has 1 amide bonds. The van der Waals surface area contributed by atoms with E-state index in [4.69, 9.17) is 26.6 Å². The number of carbonyl (C=O) groups excluding carboxylic acids is 1. The van der Waals surface area contributed by atoms with Crippen molar-refractivity contribution in [3.05, 3.63) is 23.2 Å². The molecular weight excluding hydrogens is 234 g/mol. The van der Waals surface area contributed by atoms with Crippen molar-refractivity contribution < 1.29 is 19.7 Å². The molecule has 0 saturated heterocycles. The molecule has 0 fully saturated rings. The Kier molecular flexibility index (Phi) is 4.39. The fourth-order valence-corrected chi connectivity index (χ4v) is 1.13. The van der Waals surface area contributed by atoms with Crippen molar-refractivity contribution in [2.75, 3.05) is 11.9 Å². The maximum atomic E-state index is 11.2. The average molecular weight is 246 g/mol. The molecule has 0 spiro atoms. The van der Waals surface area contributed by atoms with Gasteiger partial charge in [-0.25, -0.2) is 4.79 Å². The third-order valence-electron chi connectivity index (χ3n) is 1.76. The Balaban J connectivity index is 2.59. The first-order valence-electron chi connectivity index (χ1n) is 4.60. The summed E-state index contributed by atoms with van der Waals surface area (Å²) in [5, 5.41) is 20.4. The van der Waals surface area contributed by atoms with Crippen molar-refractivity contribution in [3.63, 3.8) is 0 Å². The fourth-order valence-electron chi connectivity index (χ4n) is 0.952. The van der Waals surface area contributed by atoms with Crippen LogP contribution in [0.3, 0.4) is 0 Å². The van der Waals surface area contributed by atoms with Crippen molar-refractivity contribution in [1.29, 1.82) is 0 Å². The van der Waals surface area contributed by atoms with Gasteiger partial charge in [-0.1, -0.05) is 11.6 Å². The lowest BCUT2D eigenvalue weighted by molar-refractivity contribution is 0.0776. The first-order chi connectivity index (χ1) is 7.52. The van der Waals surface area contributed by atoms with Gasteiger partial charge in [0.1, 0.15) is 11.9 Å². The number of amides is 1. The van der Waals surface area contributed by atoms with E-state index in [1.807, 2.05) is 0 Å². The minimum absolute atomic E-state index is 0.0655. The lowest BCUT2D eigenvalue weighted by Gasteiger charge is -2.11. The summed E-state index contributed by atoms with van der Waals surface area (Å²) in [7, 11) is 0. The van der Waals surface area contributed by atoms with E-state index in [-0.39, 0.29) is 17.4 Å². The van der Waals surface area contributed by atoms with Crippen LogP contribution in [0.5, 0.6) is 5.75 Å². The number of nitrogens with one attached hydrogen (secondary N) is 1. The topological polar surface area (TPSA) is 78.8 Å². The normalized spacial score (nSPS) is 11.9. The summed E-state index contributed by atoms with van der Waals surface area (Å²) in [6.45, 7) is 1.31. The van der Waals surface area contributed by atoms with Gasteiger partial charge in [-0.15, -0.1) is 0 Å². The number of phenolic OH excluding ortho intramolecular Hbond substituents is 1. The maximum Gasteiger partial charge on any atom is 0.411 e. The summed E-state index contributed by atoms with van der Waals surface area (Å²) in [6.07, 6.45) is -1.27. The molecule has 5 nitrogen and oxygen atoms in total. The van der Waals surface area contributed by atoms with E-state index < -0.39 is 12.2 Å². The molecule has 0 aliphatic heterocycles. The number of halogens is 1. The zero-order valence-electron chi connectivity index (χ0n) is 8.61. The monoisotopic (exact) mass is 245 g/mol. The standard InChI is InChI=1S/C10H12ClNO4/c1-6(5-13)16-10(15)12-7-2-3-9(14)8(11)4-7/h2-4,6,13-14H,5H2,1H3,(H,12,15). The van der Waals surface area contributed by atoms with Crippen molar-refractivity contribution in [1.82, 2.24) is 0 Å². The van der Waals surface area contributed by atoms with Crippen LogP contribution in [0.15, 0.2) is 18.2 Å². The van der Waals surface area contributed by atoms with Crippen LogP contribution in [-0.2, 0) is 4.74 Å². The number of aliphatic hydroxyl groups is 1. The van der Waals surface area contributed by atoms with Crippen LogP contribution >= 0.6 is 11.6 Å². The van der Waals surface area contributed by atoms with Crippen LogP contribution < -0.4 is 5.32 Å². The molecule has 1 rings (SSSR count). The van der Waals surface area contributed by atoms with Crippen LogP contribution in [0.25, 0.3) is 0 Å². The van der Waals surface area contributed by atoms with E-state index in [1.54, 1.807) is 6.92 Å². The van der Waals surface area contributed by atoms with E-state index in [0.29, 0.717) is 5.69 Å². The van der Waals surface area contributed by atoms with Gasteiger partial charge in [0.2, 0.25) is 0 Å². The van der Waals surface area contributed by atoms with E-state index in [2.05, 4.69) is 5.32 Å². The average Bonchev–Trinajstić information content (AvgIpc) is 2.23. The lowest BCUT2D eigenvalue weighted by atomic mass is 10.3. The van der Waals surface area contributed by atoms with Gasteiger partial charge in [0, 0.05) is 5.69 Å². The summed E-state index contributed by atoms with van der Waals surface area (Å²) in [5.74, 6) is -0.0655. The molecule has 6 heteroatoms. The fraction of sp³-hybridized carbons (Fsp3) is 0.300. The van der Waals surface area contributed by atoms with Crippen molar-refractivity contribution in [3.8, 4) is 5.75 Å². The van der Waals surface area contributed by atoms with Gasteiger partial charge < -0.3 is 14.9 Å². The first kappa shape index (κ1) is 12.6. The molecule has 0 heterocycles. The molecule has 1 aromatic rings. The van der Waals surface area contributed by atoms with Gasteiger partial charge in [0.15, 0.2) is 0 Å². The Hall–Kier alpha value is -1.46. The van der Waals surface area contributed by atoms with Crippen LogP contribution in [-0.4, -0.2) is 29.0 Å². The highest BCUT2D eigenvalue weighted by molar-refractivity contribution is 6.32. The predicted octanol–water partition coefficient (Wildman–Crippen LogP) is 1.97. The quantitative estimate of drug-likeness (QED) is 0.712. The Morgan fingerprint density at radius 3 is 2.88 bits per heavy atom. The highest BCUT2D eigenvalue weighted by atomic mass is 35.5. The molecule has 0 aliphatic carbocycles. The second-order valence-electron chi connectivity index (χ2n) is 3.19. The number of aromatic hydroxyl groups is 1. The molecular formula is C10H12ClNO4. The number of rotatable bonds is 3. The smallest absolute Gasteiger partial charge is 0.411 e. The Morgan fingerprint density at radius 2 is 2.31 bits per heavy atom. The molecule has 0 aliphatic rings. The summed E-state index contributed by atoms with van der Waals surface area (Å²) < 4.78 is 4.77. The molecule has 1 atom stereocenters. The Bertz CT molecular complexity index is 383. The lowest BCUT2D eigenvalue weighted by Crippen LogP contribution is -2.22. The van der Waals surface area contributed by atoms with E-state index in [0.717, 1.165) is 0 Å². The third-order valence-corrected chi connectivity index (χ3v) is 2.06. The molecule has 3 N–H and O–H groups in total. The summed E-state index contributed by atoms with van der Waals surface area (Å²) in [5.41, 5.74) is 0.401. The molecule has 16 heavy (non-hydrogen) atoms. The van der Waals surface area contributed by atoms with Crippen molar-refractivity contribution in [2.45, 2.75) is 13.0 Å². The number of hydrogen-bond donors (Lipinski definition) is 3.